The molecule has 3 nitrogen and oxygen atoms in total. The number of imidazole rings is 1. The van der Waals surface area contributed by atoms with E-state index in [9.17, 15) is 0 Å². The van der Waals surface area contributed by atoms with Crippen molar-refractivity contribution >= 4 is 0 Å². The summed E-state index contributed by atoms with van der Waals surface area (Å²) in [6.07, 6.45) is 3.00. The zero-order valence-electron chi connectivity index (χ0n) is 9.40. The van der Waals surface area contributed by atoms with Gasteiger partial charge in [0.25, 0.3) is 0 Å². The van der Waals surface area contributed by atoms with Crippen molar-refractivity contribution in [1.82, 2.24) is 14.9 Å². The van der Waals surface area contributed by atoms with Crippen LogP contribution in [-0.2, 0) is 13.0 Å². The van der Waals surface area contributed by atoms with Gasteiger partial charge in [0.05, 0.1) is 12.0 Å². The Morgan fingerprint density at radius 1 is 1.38 bits per heavy atom. The minimum atomic E-state index is 0.897. The van der Waals surface area contributed by atoms with Crippen LogP contribution in [-0.4, -0.2) is 16.1 Å². The van der Waals surface area contributed by atoms with E-state index < -0.39 is 0 Å². The second-order valence-corrected chi connectivity index (χ2v) is 4.27. The quantitative estimate of drug-likeness (QED) is 0.783. The Balaban J connectivity index is 2.09. The lowest BCUT2D eigenvalue weighted by molar-refractivity contribution is 0.620. The normalized spacial score (nSPS) is 14.8. The van der Waals surface area contributed by atoms with Crippen LogP contribution in [0.1, 0.15) is 17.0 Å². The van der Waals surface area contributed by atoms with E-state index in [1.54, 1.807) is 0 Å². The third-order valence-corrected chi connectivity index (χ3v) is 3.06. The number of aromatic nitrogens is 2. The lowest BCUT2D eigenvalue weighted by Gasteiger charge is -2.15. The van der Waals surface area contributed by atoms with E-state index in [4.69, 9.17) is 0 Å². The van der Waals surface area contributed by atoms with Gasteiger partial charge in [-0.15, -0.1) is 0 Å². The molecule has 0 radical (unpaired) electrons. The van der Waals surface area contributed by atoms with Crippen LogP contribution in [0.2, 0.25) is 0 Å². The van der Waals surface area contributed by atoms with Gasteiger partial charge in [0.15, 0.2) is 0 Å². The lowest BCUT2D eigenvalue weighted by atomic mass is 10.1. The van der Waals surface area contributed by atoms with Crippen LogP contribution >= 0.6 is 0 Å². The van der Waals surface area contributed by atoms with Crippen molar-refractivity contribution in [1.29, 1.82) is 0 Å². The molecule has 3 heteroatoms. The maximum atomic E-state index is 4.46. The van der Waals surface area contributed by atoms with E-state index in [0.29, 0.717) is 0 Å². The van der Waals surface area contributed by atoms with E-state index in [1.807, 2.05) is 6.33 Å². The molecule has 0 saturated heterocycles. The fourth-order valence-electron chi connectivity index (χ4n) is 2.24. The molecule has 0 unspecified atom stereocenters. The first kappa shape index (κ1) is 9.60. The largest absolute Gasteiger partial charge is 0.311 e. The summed E-state index contributed by atoms with van der Waals surface area (Å²) < 4.78 is 2.21. The number of nitrogens with zero attached hydrogens (tertiary/aromatic N) is 2. The van der Waals surface area contributed by atoms with Crippen molar-refractivity contribution in [2.45, 2.75) is 19.9 Å². The highest BCUT2D eigenvalue weighted by Gasteiger charge is 2.15. The van der Waals surface area contributed by atoms with Crippen LogP contribution in [0.25, 0.3) is 5.69 Å². The Labute approximate surface area is 95.1 Å². The average Bonchev–Trinajstić information content (AvgIpc) is 2.72. The van der Waals surface area contributed by atoms with E-state index >= 15 is 0 Å². The summed E-state index contributed by atoms with van der Waals surface area (Å²) in [5.41, 5.74) is 5.04. The Kier molecular flexibility index (Phi) is 2.26. The SMILES string of the molecule is Cc1cccc(-n2cnc3c2CCNC3)c1. The van der Waals surface area contributed by atoms with Crippen LogP contribution in [0, 0.1) is 6.92 Å². The first-order valence-electron chi connectivity index (χ1n) is 5.67. The third kappa shape index (κ3) is 1.53. The minimum Gasteiger partial charge on any atom is -0.311 e. The van der Waals surface area contributed by atoms with Crippen LogP contribution in [0.15, 0.2) is 30.6 Å². The number of fused-ring (bicyclic) bond motifs is 1. The minimum absolute atomic E-state index is 0.897. The highest BCUT2D eigenvalue weighted by Crippen LogP contribution is 2.18. The molecule has 0 spiro atoms. The number of hydrogen-bond acceptors (Lipinski definition) is 2. The first-order chi connectivity index (χ1) is 7.84. The van der Waals surface area contributed by atoms with Gasteiger partial charge in [0.1, 0.15) is 0 Å². The van der Waals surface area contributed by atoms with Crippen molar-refractivity contribution in [3.8, 4) is 5.69 Å². The zero-order chi connectivity index (χ0) is 11.0. The molecular weight excluding hydrogens is 198 g/mol. The van der Waals surface area contributed by atoms with Gasteiger partial charge in [-0.3, -0.25) is 0 Å². The Hall–Kier alpha value is -1.61. The Bertz CT molecular complexity index is 514. The molecule has 0 bridgehead atoms. The monoisotopic (exact) mass is 213 g/mol. The standard InChI is InChI=1S/C13H15N3/c1-10-3-2-4-11(7-10)16-9-15-12-8-14-6-5-13(12)16/h2-4,7,9,14H,5-6,8H2,1H3. The molecule has 2 heterocycles. The third-order valence-electron chi connectivity index (χ3n) is 3.06. The van der Waals surface area contributed by atoms with Crippen LogP contribution in [0.5, 0.6) is 0 Å². The lowest BCUT2D eigenvalue weighted by Crippen LogP contribution is -2.24. The predicted octanol–water partition coefficient (Wildman–Crippen LogP) is 1.83. The van der Waals surface area contributed by atoms with Crippen molar-refractivity contribution in [3.63, 3.8) is 0 Å². The first-order valence-corrected chi connectivity index (χ1v) is 5.67. The van der Waals surface area contributed by atoms with Gasteiger partial charge in [0.2, 0.25) is 0 Å². The van der Waals surface area contributed by atoms with Crippen LogP contribution in [0.3, 0.4) is 0 Å². The number of hydrogen-bond donors (Lipinski definition) is 1. The molecule has 0 aliphatic carbocycles. The molecule has 0 saturated carbocycles. The smallest absolute Gasteiger partial charge is 0.0998 e. The maximum absolute atomic E-state index is 4.46. The average molecular weight is 213 g/mol. The molecule has 1 aliphatic heterocycles. The number of nitrogens with one attached hydrogen (secondary N) is 1. The molecule has 3 rings (SSSR count). The number of aryl methyl sites for hydroxylation is 1. The van der Waals surface area contributed by atoms with Gasteiger partial charge < -0.3 is 9.88 Å². The molecule has 82 valence electrons. The second kappa shape index (κ2) is 3.76. The molecular formula is C13H15N3. The number of benzene rings is 1. The molecule has 0 amide bonds. The van der Waals surface area contributed by atoms with Gasteiger partial charge in [-0.05, 0) is 24.6 Å². The van der Waals surface area contributed by atoms with Crippen molar-refractivity contribution in [3.05, 3.63) is 47.5 Å². The summed E-state index contributed by atoms with van der Waals surface area (Å²) in [5, 5.41) is 3.34. The molecule has 1 aliphatic rings. The van der Waals surface area contributed by atoms with Gasteiger partial charge in [-0.25, -0.2) is 4.98 Å². The fourth-order valence-corrected chi connectivity index (χ4v) is 2.24. The Morgan fingerprint density at radius 2 is 2.31 bits per heavy atom. The summed E-state index contributed by atoms with van der Waals surface area (Å²) in [6.45, 7) is 4.06. The van der Waals surface area contributed by atoms with Crippen LogP contribution in [0.4, 0.5) is 0 Å². The summed E-state index contributed by atoms with van der Waals surface area (Å²) in [5.74, 6) is 0. The summed E-state index contributed by atoms with van der Waals surface area (Å²) in [7, 11) is 0. The number of rotatable bonds is 1. The summed E-state index contributed by atoms with van der Waals surface area (Å²) in [4.78, 5) is 4.46. The molecule has 0 fully saturated rings. The van der Waals surface area contributed by atoms with E-state index in [2.05, 4.69) is 46.1 Å². The molecule has 2 aromatic rings. The van der Waals surface area contributed by atoms with E-state index in [-0.39, 0.29) is 0 Å². The van der Waals surface area contributed by atoms with E-state index in [1.165, 1.54) is 22.6 Å². The van der Waals surface area contributed by atoms with Crippen LogP contribution < -0.4 is 5.32 Å². The topological polar surface area (TPSA) is 29.9 Å². The second-order valence-electron chi connectivity index (χ2n) is 4.27. The molecule has 16 heavy (non-hydrogen) atoms. The highest BCUT2D eigenvalue weighted by atomic mass is 15.1. The Morgan fingerprint density at radius 3 is 3.19 bits per heavy atom. The van der Waals surface area contributed by atoms with Gasteiger partial charge in [0, 0.05) is 30.9 Å². The molecule has 0 atom stereocenters. The summed E-state index contributed by atoms with van der Waals surface area (Å²) in [6, 6.07) is 8.55. The molecule has 1 aromatic heterocycles. The fraction of sp³-hybridized carbons (Fsp3) is 0.308. The molecule has 1 N–H and O–H groups in total. The zero-order valence-corrected chi connectivity index (χ0v) is 9.40. The summed E-state index contributed by atoms with van der Waals surface area (Å²) >= 11 is 0. The maximum Gasteiger partial charge on any atom is 0.0998 e. The van der Waals surface area contributed by atoms with Crippen molar-refractivity contribution in [2.75, 3.05) is 6.54 Å². The predicted molar refractivity (Wildman–Crippen MR) is 63.7 cm³/mol. The van der Waals surface area contributed by atoms with Gasteiger partial charge in [-0.1, -0.05) is 12.1 Å². The van der Waals surface area contributed by atoms with Crippen molar-refractivity contribution < 1.29 is 0 Å². The van der Waals surface area contributed by atoms with E-state index in [0.717, 1.165) is 19.5 Å². The molecule has 1 aromatic carbocycles. The highest BCUT2D eigenvalue weighted by molar-refractivity contribution is 5.38. The van der Waals surface area contributed by atoms with Gasteiger partial charge in [-0.2, -0.15) is 0 Å². The van der Waals surface area contributed by atoms with Gasteiger partial charge >= 0.3 is 0 Å². The van der Waals surface area contributed by atoms with Crippen molar-refractivity contribution in [2.24, 2.45) is 0 Å².